The van der Waals surface area contributed by atoms with Crippen LogP contribution in [0.4, 0.5) is 5.69 Å². The molecule has 1 aliphatic heterocycles. The number of hydrogen-bond donors (Lipinski definition) is 2. The minimum Gasteiger partial charge on any atom is -0.398 e. The number of nitrogens with one attached hydrogen (secondary N) is 1. The van der Waals surface area contributed by atoms with E-state index < -0.39 is 0 Å². The molecule has 25 heavy (non-hydrogen) atoms. The smallest absolute Gasteiger partial charge is 0.0599 e. The predicted molar refractivity (Wildman–Crippen MR) is 104 cm³/mol. The maximum Gasteiger partial charge on any atom is 0.0599 e. The topological polar surface area (TPSA) is 50.5 Å². The van der Waals surface area contributed by atoms with E-state index >= 15 is 0 Å². The molecule has 1 aliphatic rings. The number of anilines is 1. The van der Waals surface area contributed by atoms with Crippen LogP contribution in [0, 0.1) is 0 Å². The average Bonchev–Trinajstić information content (AvgIpc) is 2.67. The number of benzene rings is 2. The first kappa shape index (κ1) is 17.9. The molecule has 3 N–H and O–H groups in total. The van der Waals surface area contributed by atoms with Gasteiger partial charge in [-0.2, -0.15) is 0 Å². The Morgan fingerprint density at radius 1 is 1.08 bits per heavy atom. The summed E-state index contributed by atoms with van der Waals surface area (Å²) in [5.74, 6) is 0. The van der Waals surface area contributed by atoms with Crippen LogP contribution >= 0.6 is 0 Å². The maximum atomic E-state index is 6.28. The van der Waals surface area contributed by atoms with Crippen molar-refractivity contribution in [2.75, 3.05) is 39.1 Å². The van der Waals surface area contributed by atoms with Crippen molar-refractivity contribution in [3.8, 4) is 0 Å². The second-order valence-corrected chi connectivity index (χ2v) is 6.75. The average molecular weight is 339 g/mol. The molecule has 2 aromatic carbocycles. The fourth-order valence-electron chi connectivity index (χ4n) is 3.56. The summed E-state index contributed by atoms with van der Waals surface area (Å²) in [4.78, 5) is 2.48. The van der Waals surface area contributed by atoms with Gasteiger partial charge in [0.1, 0.15) is 0 Å². The summed E-state index contributed by atoms with van der Waals surface area (Å²) in [5, 5.41) is 3.87. The minimum atomic E-state index is 0.137. The Kier molecular flexibility index (Phi) is 6.45. The SMILES string of the molecule is COCCN1CCC(NC(c2ccccc2)c2ccccc2N)CC1. The normalized spacial score (nSPS) is 17.5. The van der Waals surface area contributed by atoms with Gasteiger partial charge < -0.3 is 20.7 Å². The molecule has 0 aliphatic carbocycles. The Morgan fingerprint density at radius 3 is 2.44 bits per heavy atom. The van der Waals surface area contributed by atoms with Crippen molar-refractivity contribution in [3.05, 3.63) is 65.7 Å². The minimum absolute atomic E-state index is 0.137. The van der Waals surface area contributed by atoms with Gasteiger partial charge in [-0.1, -0.05) is 48.5 Å². The first-order valence-electron chi connectivity index (χ1n) is 9.14. The van der Waals surface area contributed by atoms with Gasteiger partial charge in [-0.3, -0.25) is 0 Å². The molecule has 1 fully saturated rings. The van der Waals surface area contributed by atoms with Crippen LogP contribution in [0.1, 0.15) is 30.0 Å². The summed E-state index contributed by atoms with van der Waals surface area (Å²) >= 11 is 0. The summed E-state index contributed by atoms with van der Waals surface area (Å²) in [7, 11) is 1.77. The molecule has 4 nitrogen and oxygen atoms in total. The Hall–Kier alpha value is -1.88. The van der Waals surface area contributed by atoms with Gasteiger partial charge in [-0.05, 0) is 43.1 Å². The van der Waals surface area contributed by atoms with E-state index in [0.29, 0.717) is 6.04 Å². The highest BCUT2D eigenvalue weighted by Gasteiger charge is 2.24. The molecular weight excluding hydrogens is 310 g/mol. The van der Waals surface area contributed by atoms with Crippen molar-refractivity contribution in [1.82, 2.24) is 10.2 Å². The second kappa shape index (κ2) is 8.99. The molecule has 0 aromatic heterocycles. The highest BCUT2D eigenvalue weighted by atomic mass is 16.5. The monoisotopic (exact) mass is 339 g/mol. The van der Waals surface area contributed by atoms with Crippen molar-refractivity contribution < 1.29 is 4.74 Å². The fraction of sp³-hybridized carbons (Fsp3) is 0.429. The molecule has 1 saturated heterocycles. The first-order valence-corrected chi connectivity index (χ1v) is 9.14. The Labute approximate surface area is 151 Å². The van der Waals surface area contributed by atoms with Gasteiger partial charge in [0.15, 0.2) is 0 Å². The third-order valence-electron chi connectivity index (χ3n) is 5.04. The Bertz CT molecular complexity index is 639. The van der Waals surface area contributed by atoms with Crippen LogP contribution in [0.15, 0.2) is 54.6 Å². The number of likely N-dealkylation sites (tertiary alicyclic amines) is 1. The van der Waals surface area contributed by atoms with E-state index in [-0.39, 0.29) is 6.04 Å². The first-order chi connectivity index (χ1) is 12.3. The maximum absolute atomic E-state index is 6.28. The van der Waals surface area contributed by atoms with E-state index in [1.807, 2.05) is 12.1 Å². The summed E-state index contributed by atoms with van der Waals surface area (Å²) < 4.78 is 5.19. The van der Waals surface area contributed by atoms with E-state index in [0.717, 1.165) is 50.3 Å². The molecule has 0 bridgehead atoms. The van der Waals surface area contributed by atoms with Crippen LogP contribution in [0.5, 0.6) is 0 Å². The molecule has 0 amide bonds. The van der Waals surface area contributed by atoms with Crippen molar-refractivity contribution >= 4 is 5.69 Å². The van der Waals surface area contributed by atoms with Crippen molar-refractivity contribution in [1.29, 1.82) is 0 Å². The van der Waals surface area contributed by atoms with Crippen LogP contribution < -0.4 is 11.1 Å². The molecule has 2 aromatic rings. The quantitative estimate of drug-likeness (QED) is 0.761. The van der Waals surface area contributed by atoms with Gasteiger partial charge in [-0.15, -0.1) is 0 Å². The molecule has 134 valence electrons. The Balaban J connectivity index is 1.71. The lowest BCUT2D eigenvalue weighted by Crippen LogP contribution is -2.44. The predicted octanol–water partition coefficient (Wildman–Crippen LogP) is 3.06. The number of para-hydroxylation sites is 1. The molecule has 1 unspecified atom stereocenters. The summed E-state index contributed by atoms with van der Waals surface area (Å²) in [6.07, 6.45) is 2.31. The highest BCUT2D eigenvalue weighted by molar-refractivity contribution is 5.51. The van der Waals surface area contributed by atoms with Crippen LogP contribution in [0.2, 0.25) is 0 Å². The van der Waals surface area contributed by atoms with E-state index in [1.165, 1.54) is 5.56 Å². The van der Waals surface area contributed by atoms with Gasteiger partial charge >= 0.3 is 0 Å². The van der Waals surface area contributed by atoms with Crippen molar-refractivity contribution in [2.45, 2.75) is 24.9 Å². The van der Waals surface area contributed by atoms with E-state index in [2.05, 4.69) is 52.7 Å². The number of piperidine rings is 1. The number of hydrogen-bond acceptors (Lipinski definition) is 4. The van der Waals surface area contributed by atoms with Gasteiger partial charge in [0, 0.05) is 25.4 Å². The number of ether oxygens (including phenoxy) is 1. The molecular formula is C21H29N3O. The Morgan fingerprint density at radius 2 is 1.76 bits per heavy atom. The van der Waals surface area contributed by atoms with Gasteiger partial charge in [-0.25, -0.2) is 0 Å². The number of rotatable bonds is 7. The van der Waals surface area contributed by atoms with E-state index in [9.17, 15) is 0 Å². The molecule has 4 heteroatoms. The zero-order valence-corrected chi connectivity index (χ0v) is 15.0. The number of nitrogen functional groups attached to an aromatic ring is 1. The molecule has 1 atom stereocenters. The highest BCUT2D eigenvalue weighted by Crippen LogP contribution is 2.28. The lowest BCUT2D eigenvalue weighted by molar-refractivity contribution is 0.125. The lowest BCUT2D eigenvalue weighted by atomic mass is 9.94. The molecule has 0 radical (unpaired) electrons. The summed E-state index contributed by atoms with van der Waals surface area (Å²) in [6, 6.07) is 19.4. The standard InChI is InChI=1S/C21H29N3O/c1-25-16-15-24-13-11-18(12-14-24)23-21(17-7-3-2-4-8-17)19-9-5-6-10-20(19)22/h2-10,18,21,23H,11-16,22H2,1H3. The van der Waals surface area contributed by atoms with Crippen LogP contribution in [0.3, 0.4) is 0 Å². The van der Waals surface area contributed by atoms with Crippen LogP contribution in [-0.2, 0) is 4.74 Å². The van der Waals surface area contributed by atoms with Gasteiger partial charge in [0.2, 0.25) is 0 Å². The largest absolute Gasteiger partial charge is 0.398 e. The number of nitrogens with two attached hydrogens (primary N) is 1. The summed E-state index contributed by atoms with van der Waals surface area (Å²) in [5.41, 5.74) is 9.56. The lowest BCUT2D eigenvalue weighted by Gasteiger charge is -2.35. The van der Waals surface area contributed by atoms with Gasteiger partial charge in [0.25, 0.3) is 0 Å². The van der Waals surface area contributed by atoms with Gasteiger partial charge in [0.05, 0.1) is 12.6 Å². The van der Waals surface area contributed by atoms with Crippen LogP contribution in [0.25, 0.3) is 0 Å². The molecule has 1 heterocycles. The molecule has 0 saturated carbocycles. The van der Waals surface area contributed by atoms with Crippen molar-refractivity contribution in [3.63, 3.8) is 0 Å². The van der Waals surface area contributed by atoms with E-state index in [1.54, 1.807) is 7.11 Å². The molecule has 3 rings (SSSR count). The number of methoxy groups -OCH3 is 1. The third kappa shape index (κ3) is 4.82. The van der Waals surface area contributed by atoms with Crippen molar-refractivity contribution in [2.24, 2.45) is 0 Å². The fourth-order valence-corrected chi connectivity index (χ4v) is 3.56. The summed E-state index contributed by atoms with van der Waals surface area (Å²) in [6.45, 7) is 4.07. The third-order valence-corrected chi connectivity index (χ3v) is 5.04. The molecule has 0 spiro atoms. The zero-order valence-electron chi connectivity index (χ0n) is 15.0. The second-order valence-electron chi connectivity index (χ2n) is 6.75. The van der Waals surface area contributed by atoms with E-state index in [4.69, 9.17) is 10.5 Å². The van der Waals surface area contributed by atoms with Crippen LogP contribution in [-0.4, -0.2) is 44.3 Å². The zero-order chi connectivity index (χ0) is 17.5. The number of nitrogens with zero attached hydrogens (tertiary/aromatic N) is 1.